The lowest BCUT2D eigenvalue weighted by molar-refractivity contribution is -0.386. The van der Waals surface area contributed by atoms with E-state index in [0.29, 0.717) is 13.1 Å². The highest BCUT2D eigenvalue weighted by atomic mass is 19.1. The summed E-state index contributed by atoms with van der Waals surface area (Å²) in [4.78, 5) is 24.3. The van der Waals surface area contributed by atoms with Crippen LogP contribution >= 0.6 is 0 Å². The average Bonchev–Trinajstić information content (AvgIpc) is 2.45. The van der Waals surface area contributed by atoms with Crippen LogP contribution in [-0.2, 0) is 9.53 Å². The number of nitrogens with zero attached hydrogens (tertiary/aromatic N) is 2. The molecule has 8 heteroatoms. The highest BCUT2D eigenvalue weighted by molar-refractivity contribution is 5.81. The summed E-state index contributed by atoms with van der Waals surface area (Å²) in [7, 11) is 0. The summed E-state index contributed by atoms with van der Waals surface area (Å²) in [5.74, 6) is -1.24. The fourth-order valence-electron chi connectivity index (χ4n) is 2.59. The number of rotatable bonds is 4. The molecule has 2 rings (SSSR count). The Balaban J connectivity index is 2.12. The zero-order valence-corrected chi connectivity index (χ0v) is 13.2. The third kappa shape index (κ3) is 4.16. The first-order chi connectivity index (χ1) is 10.8. The van der Waals surface area contributed by atoms with E-state index in [-0.39, 0.29) is 29.6 Å². The van der Waals surface area contributed by atoms with E-state index in [2.05, 4.69) is 0 Å². The number of morpholine rings is 1. The zero-order valence-electron chi connectivity index (χ0n) is 13.2. The SMILES string of the molecule is C[C@@H]1CN(C(=O)[C@H](C)Oc2cc(F)ccc2[N+](=O)[O-])C[C@H](C)O1. The average molecular weight is 326 g/mol. The van der Waals surface area contributed by atoms with E-state index < -0.39 is 16.8 Å². The molecule has 1 aliphatic rings. The van der Waals surface area contributed by atoms with Crippen molar-refractivity contribution in [1.29, 1.82) is 0 Å². The summed E-state index contributed by atoms with van der Waals surface area (Å²) in [5, 5.41) is 11.0. The van der Waals surface area contributed by atoms with Crippen LogP contribution in [0.1, 0.15) is 20.8 Å². The number of benzene rings is 1. The molecule has 23 heavy (non-hydrogen) atoms. The largest absolute Gasteiger partial charge is 0.474 e. The molecule has 1 aromatic rings. The first-order valence-corrected chi connectivity index (χ1v) is 7.32. The number of amides is 1. The highest BCUT2D eigenvalue weighted by Gasteiger charge is 2.30. The molecule has 1 amide bonds. The number of carbonyl (C=O) groups is 1. The molecule has 1 aromatic carbocycles. The van der Waals surface area contributed by atoms with E-state index in [9.17, 15) is 19.3 Å². The quantitative estimate of drug-likeness (QED) is 0.625. The first kappa shape index (κ1) is 17.1. The predicted octanol–water partition coefficient (Wildman–Crippen LogP) is 2.14. The van der Waals surface area contributed by atoms with Gasteiger partial charge in [0.15, 0.2) is 6.10 Å². The molecule has 126 valence electrons. The molecule has 1 heterocycles. The van der Waals surface area contributed by atoms with Crippen LogP contribution < -0.4 is 4.74 Å². The van der Waals surface area contributed by atoms with E-state index in [4.69, 9.17) is 9.47 Å². The van der Waals surface area contributed by atoms with Crippen LogP contribution in [0.25, 0.3) is 0 Å². The maximum atomic E-state index is 13.3. The van der Waals surface area contributed by atoms with Gasteiger partial charge in [0.1, 0.15) is 5.82 Å². The topological polar surface area (TPSA) is 81.9 Å². The zero-order chi connectivity index (χ0) is 17.1. The number of hydrogen-bond donors (Lipinski definition) is 0. The molecule has 0 spiro atoms. The van der Waals surface area contributed by atoms with Crippen molar-refractivity contribution in [3.8, 4) is 5.75 Å². The maximum absolute atomic E-state index is 13.3. The van der Waals surface area contributed by atoms with Gasteiger partial charge in [0, 0.05) is 25.2 Å². The fraction of sp³-hybridized carbons (Fsp3) is 0.533. The summed E-state index contributed by atoms with van der Waals surface area (Å²) < 4.78 is 24.2. The normalized spacial score (nSPS) is 22.5. The second-order valence-corrected chi connectivity index (χ2v) is 5.63. The Labute approximate surface area is 133 Å². The molecular weight excluding hydrogens is 307 g/mol. The number of hydrogen-bond acceptors (Lipinski definition) is 5. The lowest BCUT2D eigenvalue weighted by Crippen LogP contribution is -2.51. The monoisotopic (exact) mass is 326 g/mol. The molecule has 1 saturated heterocycles. The molecule has 0 radical (unpaired) electrons. The summed E-state index contributed by atoms with van der Waals surface area (Å²) in [5.41, 5.74) is -0.380. The van der Waals surface area contributed by atoms with E-state index >= 15 is 0 Å². The van der Waals surface area contributed by atoms with Gasteiger partial charge in [-0.25, -0.2) is 4.39 Å². The third-order valence-corrected chi connectivity index (χ3v) is 3.50. The predicted molar refractivity (Wildman–Crippen MR) is 79.7 cm³/mol. The number of halogens is 1. The number of nitro benzene ring substituents is 1. The minimum absolute atomic E-state index is 0.0987. The van der Waals surface area contributed by atoms with Crippen molar-refractivity contribution in [2.75, 3.05) is 13.1 Å². The van der Waals surface area contributed by atoms with E-state index in [1.807, 2.05) is 13.8 Å². The van der Waals surface area contributed by atoms with Gasteiger partial charge >= 0.3 is 5.69 Å². The van der Waals surface area contributed by atoms with E-state index in [1.165, 1.54) is 6.92 Å². The molecule has 7 nitrogen and oxygen atoms in total. The first-order valence-electron chi connectivity index (χ1n) is 7.32. The Kier molecular flexibility index (Phi) is 5.15. The lowest BCUT2D eigenvalue weighted by atomic mass is 10.2. The van der Waals surface area contributed by atoms with Crippen molar-refractivity contribution < 1.29 is 23.6 Å². The van der Waals surface area contributed by atoms with E-state index in [0.717, 1.165) is 18.2 Å². The van der Waals surface area contributed by atoms with Gasteiger partial charge < -0.3 is 14.4 Å². The molecular formula is C15H19FN2O5. The van der Waals surface area contributed by atoms with Gasteiger partial charge in [-0.15, -0.1) is 0 Å². The Morgan fingerprint density at radius 2 is 2.04 bits per heavy atom. The molecule has 0 saturated carbocycles. The van der Waals surface area contributed by atoms with Crippen LogP contribution in [0.2, 0.25) is 0 Å². The highest BCUT2D eigenvalue weighted by Crippen LogP contribution is 2.28. The number of carbonyl (C=O) groups excluding carboxylic acids is 1. The minimum Gasteiger partial charge on any atom is -0.474 e. The molecule has 1 fully saturated rings. The van der Waals surface area contributed by atoms with Crippen LogP contribution in [0.3, 0.4) is 0 Å². The second kappa shape index (κ2) is 6.91. The molecule has 0 unspecified atom stereocenters. The van der Waals surface area contributed by atoms with Gasteiger partial charge in [0.2, 0.25) is 5.75 Å². The van der Waals surface area contributed by atoms with Crippen LogP contribution in [0.15, 0.2) is 18.2 Å². The van der Waals surface area contributed by atoms with Crippen molar-refractivity contribution in [2.45, 2.75) is 39.1 Å². The Hall–Kier alpha value is -2.22. The van der Waals surface area contributed by atoms with Gasteiger partial charge in [-0.05, 0) is 26.8 Å². The van der Waals surface area contributed by atoms with Crippen molar-refractivity contribution in [3.05, 3.63) is 34.1 Å². The van der Waals surface area contributed by atoms with Crippen LogP contribution in [0.4, 0.5) is 10.1 Å². The molecule has 3 atom stereocenters. The molecule has 0 aromatic heterocycles. The van der Waals surface area contributed by atoms with Crippen molar-refractivity contribution in [2.24, 2.45) is 0 Å². The summed E-state index contributed by atoms with van der Waals surface area (Å²) in [6, 6.07) is 2.90. The summed E-state index contributed by atoms with van der Waals surface area (Å²) in [6.45, 7) is 6.05. The van der Waals surface area contributed by atoms with Gasteiger partial charge in [-0.1, -0.05) is 0 Å². The second-order valence-electron chi connectivity index (χ2n) is 5.63. The van der Waals surface area contributed by atoms with Gasteiger partial charge in [0.25, 0.3) is 5.91 Å². The standard InChI is InChI=1S/C15H19FN2O5/c1-9-7-17(8-10(2)22-9)15(19)11(3)23-14-6-12(16)4-5-13(14)18(20)21/h4-6,9-11H,7-8H2,1-3H3/t9-,10+,11-/m0/s1. The Morgan fingerprint density at radius 3 is 2.61 bits per heavy atom. The van der Waals surface area contributed by atoms with Crippen molar-refractivity contribution in [3.63, 3.8) is 0 Å². The molecule has 0 aliphatic carbocycles. The Morgan fingerprint density at radius 1 is 1.43 bits per heavy atom. The van der Waals surface area contributed by atoms with Gasteiger partial charge in [-0.2, -0.15) is 0 Å². The van der Waals surface area contributed by atoms with Crippen LogP contribution in [0.5, 0.6) is 5.75 Å². The fourth-order valence-corrected chi connectivity index (χ4v) is 2.59. The summed E-state index contributed by atoms with van der Waals surface area (Å²) in [6.07, 6.45) is -1.16. The Bertz CT molecular complexity index is 600. The number of nitro groups is 1. The molecule has 1 aliphatic heterocycles. The van der Waals surface area contributed by atoms with Gasteiger partial charge in [-0.3, -0.25) is 14.9 Å². The van der Waals surface area contributed by atoms with Crippen LogP contribution in [-0.4, -0.2) is 47.1 Å². The third-order valence-electron chi connectivity index (χ3n) is 3.50. The lowest BCUT2D eigenvalue weighted by Gasteiger charge is -2.36. The minimum atomic E-state index is -0.965. The van der Waals surface area contributed by atoms with Crippen molar-refractivity contribution >= 4 is 11.6 Å². The molecule has 0 N–H and O–H groups in total. The van der Waals surface area contributed by atoms with Crippen LogP contribution in [0, 0.1) is 15.9 Å². The van der Waals surface area contributed by atoms with Gasteiger partial charge in [0.05, 0.1) is 17.1 Å². The van der Waals surface area contributed by atoms with E-state index in [1.54, 1.807) is 4.90 Å². The summed E-state index contributed by atoms with van der Waals surface area (Å²) >= 11 is 0. The molecule has 0 bridgehead atoms. The van der Waals surface area contributed by atoms with Crippen molar-refractivity contribution in [1.82, 2.24) is 4.90 Å². The maximum Gasteiger partial charge on any atom is 0.311 e. The number of ether oxygens (including phenoxy) is 2. The smallest absolute Gasteiger partial charge is 0.311 e.